The number of benzene rings is 1. The highest BCUT2D eigenvalue weighted by molar-refractivity contribution is 6.16. The fourth-order valence-electron chi connectivity index (χ4n) is 1.33. The van der Waals surface area contributed by atoms with E-state index in [1.54, 1.807) is 0 Å². The van der Waals surface area contributed by atoms with Gasteiger partial charge < -0.3 is 5.11 Å². The molecular weight excluding hydrogens is 350 g/mol. The van der Waals surface area contributed by atoms with E-state index in [9.17, 15) is 41.3 Å². The maximum Gasteiger partial charge on any atom is 0.455 e. The number of allylic oxidation sites excluding steroid dienone is 2. The lowest BCUT2D eigenvalue weighted by Gasteiger charge is -2.10. The molecule has 1 rings (SSSR count). The summed E-state index contributed by atoms with van der Waals surface area (Å²) in [5.41, 5.74) is -2.77. The standard InChI is InChI=1S/C12H6F6N2O4/c13-11(14,15)9(21)8(10(22)12(16,17)18)5-19-6-1-3-7(4-2-6)20(23)24/h1-5,21H/b9-8-,19-5?. The molecule has 0 amide bonds. The van der Waals surface area contributed by atoms with Crippen molar-refractivity contribution in [1.29, 1.82) is 0 Å². The highest BCUT2D eigenvalue weighted by Crippen LogP contribution is 2.30. The second-order valence-electron chi connectivity index (χ2n) is 4.12. The van der Waals surface area contributed by atoms with Crippen LogP contribution in [-0.4, -0.2) is 34.4 Å². The van der Waals surface area contributed by atoms with Crippen LogP contribution in [0.15, 0.2) is 40.6 Å². The number of aliphatic hydroxyl groups excluding tert-OH is 1. The zero-order chi connectivity index (χ0) is 18.7. The SMILES string of the molecule is O=C(/C(C=Nc1ccc([N+](=O)[O-])cc1)=C(\O)C(F)(F)F)C(F)(F)F. The Morgan fingerprint density at radius 3 is 1.96 bits per heavy atom. The quantitative estimate of drug-likeness (QED) is 0.222. The van der Waals surface area contributed by atoms with E-state index in [-0.39, 0.29) is 11.9 Å². The first-order valence-corrected chi connectivity index (χ1v) is 5.74. The molecule has 0 bridgehead atoms. The number of nitro benzene ring substituents is 1. The summed E-state index contributed by atoms with van der Waals surface area (Å²) in [5.74, 6) is -5.70. The van der Waals surface area contributed by atoms with Crippen molar-refractivity contribution in [2.24, 2.45) is 4.99 Å². The van der Waals surface area contributed by atoms with Crippen LogP contribution >= 0.6 is 0 Å². The molecule has 1 aromatic carbocycles. The second-order valence-corrected chi connectivity index (χ2v) is 4.12. The minimum Gasteiger partial charge on any atom is -0.504 e. The van der Waals surface area contributed by atoms with Crippen LogP contribution < -0.4 is 0 Å². The molecule has 0 fully saturated rings. The van der Waals surface area contributed by atoms with Gasteiger partial charge in [0, 0.05) is 18.3 Å². The molecule has 130 valence electrons. The maximum absolute atomic E-state index is 12.4. The normalized spacial score (nSPS) is 13.8. The third-order valence-corrected chi connectivity index (χ3v) is 2.43. The monoisotopic (exact) mass is 356 g/mol. The van der Waals surface area contributed by atoms with E-state index < -0.39 is 40.1 Å². The van der Waals surface area contributed by atoms with Crippen molar-refractivity contribution in [3.05, 3.63) is 45.7 Å². The van der Waals surface area contributed by atoms with Crippen molar-refractivity contribution in [1.82, 2.24) is 0 Å². The van der Waals surface area contributed by atoms with Gasteiger partial charge in [0.25, 0.3) is 11.5 Å². The fraction of sp³-hybridized carbons (Fsp3) is 0.167. The number of nitrogens with zero attached hydrogens (tertiary/aromatic N) is 2. The third-order valence-electron chi connectivity index (χ3n) is 2.43. The average molecular weight is 356 g/mol. The highest BCUT2D eigenvalue weighted by atomic mass is 19.4. The van der Waals surface area contributed by atoms with E-state index in [4.69, 9.17) is 5.11 Å². The van der Waals surface area contributed by atoms with Crippen LogP contribution in [0.2, 0.25) is 0 Å². The molecule has 0 radical (unpaired) electrons. The zero-order valence-electron chi connectivity index (χ0n) is 11.2. The molecule has 1 aromatic rings. The summed E-state index contributed by atoms with van der Waals surface area (Å²) in [7, 11) is 0. The van der Waals surface area contributed by atoms with Crippen LogP contribution in [0.3, 0.4) is 0 Å². The number of halogens is 6. The molecule has 1 N–H and O–H groups in total. The number of hydrogen-bond acceptors (Lipinski definition) is 5. The molecule has 0 heterocycles. The number of aliphatic hydroxyl groups is 1. The largest absolute Gasteiger partial charge is 0.504 e. The number of alkyl halides is 6. The van der Waals surface area contributed by atoms with E-state index in [2.05, 4.69) is 4.99 Å². The Hall–Kier alpha value is -2.92. The molecule has 0 saturated heterocycles. The smallest absolute Gasteiger partial charge is 0.455 e. The summed E-state index contributed by atoms with van der Waals surface area (Å²) in [6, 6.07) is 3.64. The molecule has 0 aliphatic heterocycles. The number of ketones is 1. The number of carbonyl (C=O) groups is 1. The molecule has 0 spiro atoms. The molecular formula is C12H6F6N2O4. The van der Waals surface area contributed by atoms with E-state index in [1.807, 2.05) is 0 Å². The number of carbonyl (C=O) groups excluding carboxylic acids is 1. The number of hydrogen-bond donors (Lipinski definition) is 1. The van der Waals surface area contributed by atoms with Crippen LogP contribution in [0.4, 0.5) is 37.7 Å². The number of Topliss-reactive ketones (excluding diaryl/α,β-unsaturated/α-hetero) is 1. The number of non-ortho nitro benzene ring substituents is 1. The Kier molecular flexibility index (Phi) is 5.32. The summed E-state index contributed by atoms with van der Waals surface area (Å²) >= 11 is 0. The van der Waals surface area contributed by atoms with Crippen LogP contribution in [-0.2, 0) is 4.79 Å². The van der Waals surface area contributed by atoms with E-state index >= 15 is 0 Å². The Bertz CT molecular complexity index is 704. The number of aliphatic imine (C=N–C) groups is 1. The highest BCUT2D eigenvalue weighted by Gasteiger charge is 2.46. The molecule has 0 atom stereocenters. The topological polar surface area (TPSA) is 92.8 Å². The molecule has 0 aliphatic rings. The Morgan fingerprint density at radius 1 is 1.08 bits per heavy atom. The van der Waals surface area contributed by atoms with Crippen LogP contribution in [0.5, 0.6) is 0 Å². The minimum atomic E-state index is -5.67. The Morgan fingerprint density at radius 2 is 1.58 bits per heavy atom. The van der Waals surface area contributed by atoms with Crippen LogP contribution in [0, 0.1) is 10.1 Å². The number of rotatable bonds is 4. The van der Waals surface area contributed by atoms with Gasteiger partial charge in [0.05, 0.1) is 16.2 Å². The van der Waals surface area contributed by atoms with Crippen molar-refractivity contribution in [2.75, 3.05) is 0 Å². The molecule has 0 saturated carbocycles. The van der Waals surface area contributed by atoms with Crippen molar-refractivity contribution in [3.63, 3.8) is 0 Å². The molecule has 6 nitrogen and oxygen atoms in total. The summed E-state index contributed by atoms with van der Waals surface area (Å²) in [6.07, 6.45) is -11.4. The van der Waals surface area contributed by atoms with Gasteiger partial charge >= 0.3 is 12.4 Å². The van der Waals surface area contributed by atoms with Gasteiger partial charge in [-0.1, -0.05) is 0 Å². The van der Waals surface area contributed by atoms with Crippen molar-refractivity contribution >= 4 is 23.4 Å². The van der Waals surface area contributed by atoms with Crippen molar-refractivity contribution in [3.8, 4) is 0 Å². The number of nitro groups is 1. The van der Waals surface area contributed by atoms with Crippen molar-refractivity contribution in [2.45, 2.75) is 12.4 Å². The summed E-state index contributed by atoms with van der Waals surface area (Å²) in [6.45, 7) is 0. The first kappa shape index (κ1) is 19.1. The minimum absolute atomic E-state index is 0.111. The predicted molar refractivity (Wildman–Crippen MR) is 68.0 cm³/mol. The van der Waals surface area contributed by atoms with E-state index in [1.165, 1.54) is 0 Å². The van der Waals surface area contributed by atoms with Gasteiger partial charge in [0.1, 0.15) is 0 Å². The van der Waals surface area contributed by atoms with Gasteiger partial charge in [-0.25, -0.2) is 0 Å². The Balaban J connectivity index is 3.28. The van der Waals surface area contributed by atoms with Gasteiger partial charge in [0.2, 0.25) is 5.76 Å². The molecule has 24 heavy (non-hydrogen) atoms. The molecule has 0 aliphatic carbocycles. The second kappa shape index (κ2) is 6.68. The van der Waals surface area contributed by atoms with E-state index in [0.717, 1.165) is 24.3 Å². The lowest BCUT2D eigenvalue weighted by atomic mass is 10.1. The van der Waals surface area contributed by atoms with Crippen LogP contribution in [0.25, 0.3) is 0 Å². The van der Waals surface area contributed by atoms with Gasteiger partial charge in [0.15, 0.2) is 0 Å². The Labute approximate surface area is 128 Å². The zero-order valence-corrected chi connectivity index (χ0v) is 11.2. The van der Waals surface area contributed by atoms with Gasteiger partial charge in [-0.3, -0.25) is 19.9 Å². The fourth-order valence-corrected chi connectivity index (χ4v) is 1.33. The first-order valence-electron chi connectivity index (χ1n) is 5.74. The molecule has 0 aromatic heterocycles. The van der Waals surface area contributed by atoms with Crippen LogP contribution in [0.1, 0.15) is 0 Å². The molecule has 12 heteroatoms. The predicted octanol–water partition coefficient (Wildman–Crippen LogP) is 3.80. The lowest BCUT2D eigenvalue weighted by molar-refractivity contribution is -0.384. The van der Waals surface area contributed by atoms with E-state index in [0.29, 0.717) is 0 Å². The first-order chi connectivity index (χ1) is 10.8. The van der Waals surface area contributed by atoms with Crippen molar-refractivity contribution < 1.29 is 41.2 Å². The molecule has 0 unspecified atom stereocenters. The lowest BCUT2D eigenvalue weighted by Crippen LogP contribution is -2.29. The third kappa shape index (κ3) is 4.79. The average Bonchev–Trinajstić information content (AvgIpc) is 2.45. The van der Waals surface area contributed by atoms with Gasteiger partial charge in [-0.05, 0) is 12.1 Å². The van der Waals surface area contributed by atoms with Gasteiger partial charge in [-0.2, -0.15) is 26.3 Å². The van der Waals surface area contributed by atoms with Gasteiger partial charge in [-0.15, -0.1) is 0 Å². The summed E-state index contributed by atoms with van der Waals surface area (Å²) < 4.78 is 74.0. The summed E-state index contributed by atoms with van der Waals surface area (Å²) in [4.78, 5) is 23.8. The summed E-state index contributed by atoms with van der Waals surface area (Å²) in [5, 5.41) is 19.2. The maximum atomic E-state index is 12.4.